The number of aromatic nitrogens is 1. The Kier molecular flexibility index (Phi) is 6.07. The number of hydrogen-bond donors (Lipinski definition) is 2. The number of fused-ring (bicyclic) bond motifs is 1. The minimum Gasteiger partial charge on any atom is -0.379 e. The number of nitrogens with one attached hydrogen (secondary N) is 2. The van der Waals surface area contributed by atoms with E-state index in [4.69, 9.17) is 4.74 Å². The SMILES string of the molecule is C1COCCN1.Cc1cc2ccccc2c(C(C)(C)NC=O)n1. The molecule has 0 atom stereocenters. The van der Waals surface area contributed by atoms with E-state index in [9.17, 15) is 4.79 Å². The Balaban J connectivity index is 0.000000268. The van der Waals surface area contributed by atoms with Gasteiger partial charge in [0.1, 0.15) is 0 Å². The first-order valence-corrected chi connectivity index (χ1v) is 7.91. The third-order valence-electron chi connectivity index (χ3n) is 3.73. The maximum atomic E-state index is 10.7. The lowest BCUT2D eigenvalue weighted by molar-refractivity contribution is -0.111. The monoisotopic (exact) mass is 315 g/mol. The highest BCUT2D eigenvalue weighted by molar-refractivity contribution is 5.85. The van der Waals surface area contributed by atoms with Gasteiger partial charge < -0.3 is 15.4 Å². The van der Waals surface area contributed by atoms with Gasteiger partial charge in [0.05, 0.1) is 24.4 Å². The summed E-state index contributed by atoms with van der Waals surface area (Å²) in [6.45, 7) is 9.71. The van der Waals surface area contributed by atoms with Crippen molar-refractivity contribution in [1.82, 2.24) is 15.6 Å². The van der Waals surface area contributed by atoms with Crippen LogP contribution in [0.1, 0.15) is 25.2 Å². The molecule has 3 rings (SSSR count). The topological polar surface area (TPSA) is 63.2 Å². The van der Waals surface area contributed by atoms with Gasteiger partial charge in [0.25, 0.3) is 0 Å². The normalized spacial score (nSPS) is 14.7. The fourth-order valence-corrected chi connectivity index (χ4v) is 2.54. The molecule has 2 N–H and O–H groups in total. The largest absolute Gasteiger partial charge is 0.379 e. The number of amides is 1. The summed E-state index contributed by atoms with van der Waals surface area (Å²) in [5.74, 6) is 0. The predicted octanol–water partition coefficient (Wildman–Crippen LogP) is 2.13. The van der Waals surface area contributed by atoms with Crippen LogP contribution in [-0.2, 0) is 15.1 Å². The van der Waals surface area contributed by atoms with Crippen molar-refractivity contribution < 1.29 is 9.53 Å². The van der Waals surface area contributed by atoms with Crippen molar-refractivity contribution in [3.8, 4) is 0 Å². The summed E-state index contributed by atoms with van der Waals surface area (Å²) in [7, 11) is 0. The predicted molar refractivity (Wildman–Crippen MR) is 92.4 cm³/mol. The number of carbonyl (C=O) groups is 1. The molecule has 0 unspecified atom stereocenters. The zero-order valence-electron chi connectivity index (χ0n) is 14.1. The van der Waals surface area contributed by atoms with Crippen LogP contribution < -0.4 is 10.6 Å². The van der Waals surface area contributed by atoms with Gasteiger partial charge >= 0.3 is 0 Å². The summed E-state index contributed by atoms with van der Waals surface area (Å²) in [5, 5.41) is 8.20. The van der Waals surface area contributed by atoms with Crippen molar-refractivity contribution in [3.63, 3.8) is 0 Å². The van der Waals surface area contributed by atoms with E-state index in [1.165, 1.54) is 0 Å². The molecule has 0 bridgehead atoms. The molecular weight excluding hydrogens is 290 g/mol. The highest BCUT2D eigenvalue weighted by Gasteiger charge is 2.23. The fourth-order valence-electron chi connectivity index (χ4n) is 2.54. The van der Waals surface area contributed by atoms with Gasteiger partial charge in [-0.05, 0) is 32.2 Å². The van der Waals surface area contributed by atoms with Crippen molar-refractivity contribution in [2.24, 2.45) is 0 Å². The van der Waals surface area contributed by atoms with Gasteiger partial charge in [-0.2, -0.15) is 0 Å². The molecular formula is C18H25N3O2. The summed E-state index contributed by atoms with van der Waals surface area (Å²) in [4.78, 5) is 15.2. The van der Waals surface area contributed by atoms with Gasteiger partial charge in [0.2, 0.25) is 6.41 Å². The highest BCUT2D eigenvalue weighted by atomic mass is 16.5. The molecule has 1 aliphatic rings. The Morgan fingerprint density at radius 2 is 1.96 bits per heavy atom. The lowest BCUT2D eigenvalue weighted by Gasteiger charge is -2.25. The summed E-state index contributed by atoms with van der Waals surface area (Å²) in [6, 6.07) is 10.1. The zero-order chi connectivity index (χ0) is 16.7. The molecule has 124 valence electrons. The first-order valence-electron chi connectivity index (χ1n) is 7.91. The first-order chi connectivity index (χ1) is 11.0. The van der Waals surface area contributed by atoms with Crippen molar-refractivity contribution >= 4 is 17.2 Å². The molecule has 2 aromatic rings. The standard InChI is InChI=1S/C14H16N2O.C4H9NO/c1-10-8-11-6-4-5-7-12(11)13(16-10)14(2,3)15-9-17;1-3-6-4-2-5-1/h4-9H,1-3H3,(H,15,17);5H,1-4H2. The summed E-state index contributed by atoms with van der Waals surface area (Å²) >= 11 is 0. The van der Waals surface area contributed by atoms with Crippen molar-refractivity contribution in [1.29, 1.82) is 0 Å². The number of hydrogen-bond acceptors (Lipinski definition) is 4. The molecule has 0 radical (unpaired) electrons. The van der Waals surface area contributed by atoms with Gasteiger partial charge in [0, 0.05) is 24.2 Å². The van der Waals surface area contributed by atoms with Gasteiger partial charge in [-0.3, -0.25) is 9.78 Å². The minimum absolute atomic E-state index is 0.465. The molecule has 1 saturated heterocycles. The average Bonchev–Trinajstić information content (AvgIpc) is 2.56. The van der Waals surface area contributed by atoms with E-state index in [1.54, 1.807) is 0 Å². The number of pyridine rings is 1. The van der Waals surface area contributed by atoms with Gasteiger partial charge in [-0.25, -0.2) is 0 Å². The molecule has 0 aliphatic carbocycles. The lowest BCUT2D eigenvalue weighted by Crippen LogP contribution is -2.36. The second-order valence-electron chi connectivity index (χ2n) is 6.08. The van der Waals surface area contributed by atoms with Crippen molar-refractivity contribution in [3.05, 3.63) is 41.7 Å². The summed E-state index contributed by atoms with van der Waals surface area (Å²) in [6.07, 6.45) is 0.721. The van der Waals surface area contributed by atoms with Gasteiger partial charge in [-0.1, -0.05) is 24.3 Å². The van der Waals surface area contributed by atoms with Crippen LogP contribution in [0.5, 0.6) is 0 Å². The van der Waals surface area contributed by atoms with E-state index in [0.29, 0.717) is 0 Å². The van der Waals surface area contributed by atoms with Crippen LogP contribution in [0.3, 0.4) is 0 Å². The fraction of sp³-hybridized carbons (Fsp3) is 0.444. The number of benzene rings is 1. The molecule has 0 saturated carbocycles. The van der Waals surface area contributed by atoms with Crippen molar-refractivity contribution in [2.75, 3.05) is 26.3 Å². The molecule has 1 fully saturated rings. The van der Waals surface area contributed by atoms with Gasteiger partial charge in [0.15, 0.2) is 0 Å². The molecule has 5 nitrogen and oxygen atoms in total. The molecule has 2 heterocycles. The Hall–Kier alpha value is -1.98. The van der Waals surface area contributed by atoms with E-state index < -0.39 is 5.54 Å². The minimum atomic E-state index is -0.465. The van der Waals surface area contributed by atoms with Crippen molar-refractivity contribution in [2.45, 2.75) is 26.3 Å². The van der Waals surface area contributed by atoms with Gasteiger partial charge in [-0.15, -0.1) is 0 Å². The van der Waals surface area contributed by atoms with Crippen LogP contribution in [0.15, 0.2) is 30.3 Å². The molecule has 1 aromatic heterocycles. The maximum absolute atomic E-state index is 10.7. The quantitative estimate of drug-likeness (QED) is 0.852. The molecule has 1 aliphatic heterocycles. The van der Waals surface area contributed by atoms with Crippen LogP contribution in [0.25, 0.3) is 10.8 Å². The number of ether oxygens (including phenoxy) is 1. The van der Waals surface area contributed by atoms with E-state index in [2.05, 4.69) is 27.8 Å². The molecule has 0 spiro atoms. The number of aryl methyl sites for hydroxylation is 1. The Morgan fingerprint density at radius 3 is 2.52 bits per heavy atom. The highest BCUT2D eigenvalue weighted by Crippen LogP contribution is 2.26. The summed E-state index contributed by atoms with van der Waals surface area (Å²) in [5.41, 5.74) is 1.40. The Bertz CT molecular complexity index is 640. The number of rotatable bonds is 3. The van der Waals surface area contributed by atoms with E-state index >= 15 is 0 Å². The van der Waals surface area contributed by atoms with E-state index in [0.717, 1.165) is 54.9 Å². The number of morpholine rings is 1. The van der Waals surface area contributed by atoms with Crippen LogP contribution in [0.2, 0.25) is 0 Å². The van der Waals surface area contributed by atoms with Crippen LogP contribution in [0.4, 0.5) is 0 Å². The van der Waals surface area contributed by atoms with E-state index in [-0.39, 0.29) is 0 Å². The third-order valence-corrected chi connectivity index (χ3v) is 3.73. The first kappa shape index (κ1) is 17.4. The third kappa shape index (κ3) is 4.74. The maximum Gasteiger partial charge on any atom is 0.207 e. The van der Waals surface area contributed by atoms with Crippen LogP contribution in [-0.4, -0.2) is 37.7 Å². The van der Waals surface area contributed by atoms with E-state index in [1.807, 2.05) is 39.0 Å². The molecule has 1 aromatic carbocycles. The number of nitrogens with zero attached hydrogens (tertiary/aromatic N) is 1. The average molecular weight is 315 g/mol. The second-order valence-corrected chi connectivity index (χ2v) is 6.08. The Labute approximate surface area is 137 Å². The lowest BCUT2D eigenvalue weighted by atomic mass is 9.94. The zero-order valence-corrected chi connectivity index (χ0v) is 14.1. The molecule has 5 heteroatoms. The Morgan fingerprint density at radius 1 is 1.26 bits per heavy atom. The van der Waals surface area contributed by atoms with Crippen LogP contribution >= 0.6 is 0 Å². The molecule has 23 heavy (non-hydrogen) atoms. The smallest absolute Gasteiger partial charge is 0.207 e. The molecule has 1 amide bonds. The second kappa shape index (κ2) is 8.04. The number of carbonyl (C=O) groups excluding carboxylic acids is 1. The van der Waals surface area contributed by atoms with Crippen LogP contribution in [0, 0.1) is 6.92 Å². The summed E-state index contributed by atoms with van der Waals surface area (Å²) < 4.78 is 5.01.